The number of benzene rings is 1. The van der Waals surface area contributed by atoms with Crippen LogP contribution in [0.5, 0.6) is 0 Å². The van der Waals surface area contributed by atoms with Crippen LogP contribution in [-0.4, -0.2) is 15.5 Å². The standard InChI is InChI=1S/C13H18O3S/c1-11(2)9-10-13(16-3)17(14,15)12-7-5-4-6-8-12/h4-8,10-11H,9H2,1-3H3/b13-10+. The van der Waals surface area contributed by atoms with Gasteiger partial charge < -0.3 is 4.74 Å². The number of rotatable bonds is 5. The van der Waals surface area contributed by atoms with Gasteiger partial charge in [-0.2, -0.15) is 0 Å². The molecule has 0 saturated heterocycles. The van der Waals surface area contributed by atoms with Crippen molar-refractivity contribution >= 4 is 9.84 Å². The van der Waals surface area contributed by atoms with Gasteiger partial charge in [0.15, 0.2) is 0 Å². The van der Waals surface area contributed by atoms with Crippen molar-refractivity contribution in [3.63, 3.8) is 0 Å². The molecule has 0 bridgehead atoms. The van der Waals surface area contributed by atoms with E-state index >= 15 is 0 Å². The second-order valence-electron chi connectivity index (χ2n) is 4.17. The minimum absolute atomic E-state index is 0.0254. The Hall–Kier alpha value is -1.29. The van der Waals surface area contributed by atoms with Crippen LogP contribution in [-0.2, 0) is 14.6 Å². The first-order valence-corrected chi connectivity index (χ1v) is 7.01. The van der Waals surface area contributed by atoms with E-state index in [4.69, 9.17) is 4.74 Å². The molecule has 0 atom stereocenters. The maximum atomic E-state index is 12.2. The van der Waals surface area contributed by atoms with Crippen molar-refractivity contribution in [2.24, 2.45) is 5.92 Å². The highest BCUT2D eigenvalue weighted by atomic mass is 32.2. The Morgan fingerprint density at radius 1 is 1.29 bits per heavy atom. The molecule has 3 nitrogen and oxygen atoms in total. The fraction of sp³-hybridized carbons (Fsp3) is 0.385. The molecule has 0 aliphatic rings. The van der Waals surface area contributed by atoms with Gasteiger partial charge in [-0.1, -0.05) is 32.0 Å². The Labute approximate surface area is 103 Å². The average molecular weight is 254 g/mol. The highest BCUT2D eigenvalue weighted by Crippen LogP contribution is 2.20. The maximum Gasteiger partial charge on any atom is 0.238 e. The first-order valence-electron chi connectivity index (χ1n) is 5.52. The molecule has 0 N–H and O–H groups in total. The summed E-state index contributed by atoms with van der Waals surface area (Å²) in [4.78, 5) is 0.261. The van der Waals surface area contributed by atoms with Crippen molar-refractivity contribution < 1.29 is 13.2 Å². The van der Waals surface area contributed by atoms with Crippen LogP contribution in [0.1, 0.15) is 20.3 Å². The largest absolute Gasteiger partial charge is 0.486 e. The van der Waals surface area contributed by atoms with Gasteiger partial charge in [0.25, 0.3) is 0 Å². The van der Waals surface area contributed by atoms with E-state index < -0.39 is 9.84 Å². The van der Waals surface area contributed by atoms with E-state index in [2.05, 4.69) is 0 Å². The zero-order chi connectivity index (χ0) is 12.9. The Balaban J connectivity index is 3.08. The third kappa shape index (κ3) is 3.60. The molecule has 1 aromatic carbocycles. The number of hydrogen-bond donors (Lipinski definition) is 0. The van der Waals surface area contributed by atoms with Crippen LogP contribution in [0, 0.1) is 5.92 Å². The molecule has 0 unspecified atom stereocenters. The summed E-state index contributed by atoms with van der Waals surface area (Å²) in [5, 5.41) is 0.0254. The van der Waals surface area contributed by atoms with Crippen molar-refractivity contribution in [2.75, 3.05) is 7.11 Å². The molecule has 17 heavy (non-hydrogen) atoms. The molecule has 0 amide bonds. The predicted molar refractivity (Wildman–Crippen MR) is 68.2 cm³/mol. The maximum absolute atomic E-state index is 12.2. The fourth-order valence-corrected chi connectivity index (χ4v) is 2.63. The fourth-order valence-electron chi connectivity index (χ4n) is 1.35. The van der Waals surface area contributed by atoms with E-state index in [-0.39, 0.29) is 9.99 Å². The van der Waals surface area contributed by atoms with Gasteiger partial charge in [0.05, 0.1) is 12.0 Å². The van der Waals surface area contributed by atoms with Crippen LogP contribution < -0.4 is 0 Å². The van der Waals surface area contributed by atoms with E-state index in [0.29, 0.717) is 12.3 Å². The lowest BCUT2D eigenvalue weighted by Gasteiger charge is -2.08. The molecule has 0 spiro atoms. The van der Waals surface area contributed by atoms with Crippen LogP contribution in [0.3, 0.4) is 0 Å². The summed E-state index contributed by atoms with van der Waals surface area (Å²) in [6.07, 6.45) is 2.31. The zero-order valence-corrected chi connectivity index (χ0v) is 11.2. The van der Waals surface area contributed by atoms with Gasteiger partial charge in [0, 0.05) is 0 Å². The zero-order valence-electron chi connectivity index (χ0n) is 10.4. The molecular weight excluding hydrogens is 236 g/mol. The van der Waals surface area contributed by atoms with Crippen LogP contribution >= 0.6 is 0 Å². The Kier molecular flexibility index (Phi) is 4.75. The van der Waals surface area contributed by atoms with E-state index in [1.807, 2.05) is 13.8 Å². The topological polar surface area (TPSA) is 43.4 Å². The van der Waals surface area contributed by atoms with E-state index in [1.165, 1.54) is 7.11 Å². The first kappa shape index (κ1) is 13.8. The second-order valence-corrected chi connectivity index (χ2v) is 6.05. The highest BCUT2D eigenvalue weighted by Gasteiger charge is 2.20. The number of sulfone groups is 1. The van der Waals surface area contributed by atoms with Gasteiger partial charge in [-0.15, -0.1) is 0 Å². The quantitative estimate of drug-likeness (QED) is 0.759. The normalized spacial score (nSPS) is 12.8. The lowest BCUT2D eigenvalue weighted by atomic mass is 10.1. The SMILES string of the molecule is CO/C(=C\CC(C)C)S(=O)(=O)c1ccccc1. The molecule has 0 fully saturated rings. The molecule has 0 aliphatic carbocycles. The highest BCUT2D eigenvalue weighted by molar-refractivity contribution is 7.95. The molecule has 0 aromatic heterocycles. The smallest absolute Gasteiger partial charge is 0.238 e. The van der Waals surface area contributed by atoms with E-state index in [9.17, 15) is 8.42 Å². The molecular formula is C13H18O3S. The number of ether oxygens (including phenoxy) is 1. The van der Waals surface area contributed by atoms with Gasteiger partial charge in [-0.3, -0.25) is 0 Å². The van der Waals surface area contributed by atoms with Gasteiger partial charge in [-0.25, -0.2) is 8.42 Å². The third-order valence-electron chi connectivity index (χ3n) is 2.28. The molecule has 1 rings (SSSR count). The van der Waals surface area contributed by atoms with E-state index in [1.54, 1.807) is 36.4 Å². The summed E-state index contributed by atoms with van der Waals surface area (Å²) < 4.78 is 29.4. The van der Waals surface area contributed by atoms with Crippen LogP contribution in [0.25, 0.3) is 0 Å². The van der Waals surface area contributed by atoms with Crippen molar-refractivity contribution in [3.05, 3.63) is 41.5 Å². The van der Waals surface area contributed by atoms with Gasteiger partial charge >= 0.3 is 0 Å². The van der Waals surface area contributed by atoms with Crippen LogP contribution in [0.2, 0.25) is 0 Å². The van der Waals surface area contributed by atoms with Crippen molar-refractivity contribution in [1.82, 2.24) is 0 Å². The van der Waals surface area contributed by atoms with Crippen LogP contribution in [0.4, 0.5) is 0 Å². The van der Waals surface area contributed by atoms with Crippen molar-refractivity contribution in [2.45, 2.75) is 25.2 Å². The summed E-state index contributed by atoms with van der Waals surface area (Å²) in [5.41, 5.74) is 0. The Morgan fingerprint density at radius 3 is 2.35 bits per heavy atom. The van der Waals surface area contributed by atoms with Gasteiger partial charge in [-0.05, 0) is 30.5 Å². The minimum atomic E-state index is -3.51. The Morgan fingerprint density at radius 2 is 1.88 bits per heavy atom. The lowest BCUT2D eigenvalue weighted by Crippen LogP contribution is -2.07. The first-order chi connectivity index (χ1) is 7.98. The number of methoxy groups -OCH3 is 1. The number of allylic oxidation sites excluding steroid dienone is 1. The molecule has 1 aromatic rings. The predicted octanol–water partition coefficient (Wildman–Crippen LogP) is 2.99. The van der Waals surface area contributed by atoms with Gasteiger partial charge in [0.1, 0.15) is 0 Å². The summed E-state index contributed by atoms with van der Waals surface area (Å²) >= 11 is 0. The Bertz CT molecular complexity index is 473. The van der Waals surface area contributed by atoms with E-state index in [0.717, 1.165) is 0 Å². The summed E-state index contributed by atoms with van der Waals surface area (Å²) in [6.45, 7) is 4.05. The number of hydrogen-bond acceptors (Lipinski definition) is 3. The summed E-state index contributed by atoms with van der Waals surface area (Å²) in [6, 6.07) is 8.31. The van der Waals surface area contributed by atoms with Gasteiger partial charge in [0.2, 0.25) is 14.9 Å². The van der Waals surface area contributed by atoms with Crippen LogP contribution in [0.15, 0.2) is 46.4 Å². The molecule has 0 aliphatic heterocycles. The average Bonchev–Trinajstić information content (AvgIpc) is 2.30. The third-order valence-corrected chi connectivity index (χ3v) is 4.03. The molecule has 0 saturated carbocycles. The minimum Gasteiger partial charge on any atom is -0.486 e. The monoisotopic (exact) mass is 254 g/mol. The second kappa shape index (κ2) is 5.87. The summed E-state index contributed by atoms with van der Waals surface area (Å²) in [7, 11) is -2.13. The summed E-state index contributed by atoms with van der Waals surface area (Å²) in [5.74, 6) is 0.395. The molecule has 0 heterocycles. The molecule has 0 radical (unpaired) electrons. The molecule has 4 heteroatoms. The van der Waals surface area contributed by atoms with Crippen molar-refractivity contribution in [3.8, 4) is 0 Å². The molecule has 94 valence electrons. The van der Waals surface area contributed by atoms with Crippen molar-refractivity contribution in [1.29, 1.82) is 0 Å². The lowest BCUT2D eigenvalue weighted by molar-refractivity contribution is 0.314.